The smallest absolute Gasteiger partial charge is 0.248 e. The van der Waals surface area contributed by atoms with Gasteiger partial charge in [0.25, 0.3) is 0 Å². The maximum Gasteiger partial charge on any atom is 0.248 e. The average Bonchev–Trinajstić information content (AvgIpc) is 3.06. The SMILES string of the molecule is COCCN1CCCC2(CCCN2C(=O)C=Cc2ccccc2)C1=O. The number of hydrogen-bond acceptors (Lipinski definition) is 3. The summed E-state index contributed by atoms with van der Waals surface area (Å²) in [7, 11) is 1.64. The minimum atomic E-state index is -0.649. The van der Waals surface area contributed by atoms with Crippen molar-refractivity contribution in [1.82, 2.24) is 9.80 Å². The van der Waals surface area contributed by atoms with E-state index in [9.17, 15) is 9.59 Å². The number of amides is 2. The van der Waals surface area contributed by atoms with Gasteiger partial charge in [0.2, 0.25) is 11.8 Å². The molecule has 2 aliphatic heterocycles. The van der Waals surface area contributed by atoms with Crippen LogP contribution in [0.15, 0.2) is 36.4 Å². The van der Waals surface area contributed by atoms with E-state index in [0.29, 0.717) is 19.7 Å². The largest absolute Gasteiger partial charge is 0.383 e. The lowest BCUT2D eigenvalue weighted by atomic mass is 9.85. The van der Waals surface area contributed by atoms with Crippen molar-refractivity contribution in [2.75, 3.05) is 33.4 Å². The zero-order valence-corrected chi connectivity index (χ0v) is 14.8. The van der Waals surface area contributed by atoms with Crippen LogP contribution in [-0.2, 0) is 14.3 Å². The predicted molar refractivity (Wildman–Crippen MR) is 96.8 cm³/mol. The van der Waals surface area contributed by atoms with Crippen molar-refractivity contribution in [3.05, 3.63) is 42.0 Å². The van der Waals surface area contributed by atoms with Crippen molar-refractivity contribution in [2.24, 2.45) is 0 Å². The zero-order valence-electron chi connectivity index (χ0n) is 14.8. The number of carbonyl (C=O) groups excluding carboxylic acids is 2. The summed E-state index contributed by atoms with van der Waals surface area (Å²) in [5, 5.41) is 0. The van der Waals surface area contributed by atoms with Gasteiger partial charge in [0.15, 0.2) is 0 Å². The van der Waals surface area contributed by atoms with Crippen LogP contribution in [0.5, 0.6) is 0 Å². The monoisotopic (exact) mass is 342 g/mol. The number of methoxy groups -OCH3 is 1. The standard InChI is InChI=1S/C20H26N2O3/c1-25-16-15-21-13-5-11-20(19(21)24)12-6-14-22(20)18(23)10-9-17-7-3-2-4-8-17/h2-4,7-10H,5-6,11-16H2,1H3. The molecule has 0 N–H and O–H groups in total. The van der Waals surface area contributed by atoms with Crippen LogP contribution in [0, 0.1) is 0 Å². The minimum Gasteiger partial charge on any atom is -0.383 e. The molecular formula is C20H26N2O3. The van der Waals surface area contributed by atoms with Gasteiger partial charge in [0, 0.05) is 32.8 Å². The van der Waals surface area contributed by atoms with E-state index >= 15 is 0 Å². The van der Waals surface area contributed by atoms with Crippen LogP contribution < -0.4 is 0 Å². The fraction of sp³-hybridized carbons (Fsp3) is 0.500. The Morgan fingerprint density at radius 3 is 2.64 bits per heavy atom. The Morgan fingerprint density at radius 1 is 1.20 bits per heavy atom. The van der Waals surface area contributed by atoms with E-state index in [0.717, 1.165) is 37.8 Å². The van der Waals surface area contributed by atoms with Crippen LogP contribution in [0.1, 0.15) is 31.2 Å². The number of nitrogens with zero attached hydrogens (tertiary/aromatic N) is 2. The van der Waals surface area contributed by atoms with Crippen molar-refractivity contribution < 1.29 is 14.3 Å². The molecule has 1 unspecified atom stereocenters. The Balaban J connectivity index is 1.75. The first-order valence-corrected chi connectivity index (χ1v) is 9.00. The quantitative estimate of drug-likeness (QED) is 0.772. The fourth-order valence-electron chi connectivity index (χ4n) is 3.98. The van der Waals surface area contributed by atoms with Crippen LogP contribution in [-0.4, -0.2) is 60.5 Å². The van der Waals surface area contributed by atoms with Gasteiger partial charge in [-0.3, -0.25) is 9.59 Å². The van der Waals surface area contributed by atoms with Gasteiger partial charge in [-0.25, -0.2) is 0 Å². The molecule has 1 aromatic carbocycles. The molecule has 0 bridgehead atoms. The van der Waals surface area contributed by atoms with Gasteiger partial charge in [-0.1, -0.05) is 30.3 Å². The van der Waals surface area contributed by atoms with Crippen LogP contribution in [0.3, 0.4) is 0 Å². The topological polar surface area (TPSA) is 49.9 Å². The average molecular weight is 342 g/mol. The molecule has 0 aliphatic carbocycles. The lowest BCUT2D eigenvalue weighted by Crippen LogP contribution is -2.61. The number of benzene rings is 1. The van der Waals surface area contributed by atoms with E-state index in [1.54, 1.807) is 18.1 Å². The summed E-state index contributed by atoms with van der Waals surface area (Å²) in [6.45, 7) is 2.54. The first kappa shape index (κ1) is 17.7. The van der Waals surface area contributed by atoms with E-state index in [4.69, 9.17) is 4.74 Å². The van der Waals surface area contributed by atoms with E-state index in [1.165, 1.54) is 0 Å². The highest BCUT2D eigenvalue weighted by molar-refractivity contribution is 5.98. The fourth-order valence-corrected chi connectivity index (χ4v) is 3.98. The third kappa shape index (κ3) is 3.61. The summed E-state index contributed by atoms with van der Waals surface area (Å²) in [5.74, 6) is 0.0260. The molecule has 2 heterocycles. The number of hydrogen-bond donors (Lipinski definition) is 0. The van der Waals surface area contributed by atoms with Gasteiger partial charge in [-0.05, 0) is 37.3 Å². The highest BCUT2D eigenvalue weighted by Gasteiger charge is 2.52. The molecule has 2 fully saturated rings. The lowest BCUT2D eigenvalue weighted by Gasteiger charge is -2.44. The van der Waals surface area contributed by atoms with Crippen LogP contribution in [0.2, 0.25) is 0 Å². The Bertz CT molecular complexity index is 644. The Morgan fingerprint density at radius 2 is 1.92 bits per heavy atom. The van der Waals surface area contributed by atoms with Gasteiger partial charge < -0.3 is 14.5 Å². The number of ether oxygens (including phenoxy) is 1. The van der Waals surface area contributed by atoms with E-state index in [1.807, 2.05) is 41.3 Å². The second-order valence-electron chi connectivity index (χ2n) is 6.76. The third-order valence-corrected chi connectivity index (χ3v) is 5.24. The van der Waals surface area contributed by atoms with Gasteiger partial charge >= 0.3 is 0 Å². The van der Waals surface area contributed by atoms with Gasteiger partial charge in [-0.2, -0.15) is 0 Å². The van der Waals surface area contributed by atoms with Crippen LogP contribution in [0.4, 0.5) is 0 Å². The van der Waals surface area contributed by atoms with Gasteiger partial charge in [0.05, 0.1) is 6.61 Å². The van der Waals surface area contributed by atoms with Crippen LogP contribution >= 0.6 is 0 Å². The Labute approximate surface area is 149 Å². The summed E-state index contributed by atoms with van der Waals surface area (Å²) in [5.41, 5.74) is 0.338. The van der Waals surface area contributed by atoms with Crippen molar-refractivity contribution >= 4 is 17.9 Å². The summed E-state index contributed by atoms with van der Waals surface area (Å²) in [4.78, 5) is 29.6. The molecule has 0 radical (unpaired) electrons. The van der Waals surface area contributed by atoms with E-state index in [2.05, 4.69) is 0 Å². The highest BCUT2D eigenvalue weighted by atomic mass is 16.5. The normalized spacial score (nSPS) is 23.8. The molecule has 1 aromatic rings. The number of carbonyl (C=O) groups is 2. The zero-order chi connectivity index (χ0) is 17.7. The molecule has 0 aromatic heterocycles. The Hall–Kier alpha value is -2.14. The first-order chi connectivity index (χ1) is 12.2. The molecular weight excluding hydrogens is 316 g/mol. The molecule has 5 nitrogen and oxygen atoms in total. The van der Waals surface area contributed by atoms with Crippen molar-refractivity contribution in [3.8, 4) is 0 Å². The van der Waals surface area contributed by atoms with E-state index in [-0.39, 0.29) is 11.8 Å². The molecule has 0 saturated carbocycles. The summed E-state index contributed by atoms with van der Waals surface area (Å²) < 4.78 is 5.12. The maximum absolute atomic E-state index is 13.1. The van der Waals surface area contributed by atoms with Crippen molar-refractivity contribution in [3.63, 3.8) is 0 Å². The second-order valence-corrected chi connectivity index (χ2v) is 6.76. The molecule has 1 spiro atoms. The summed E-state index contributed by atoms with van der Waals surface area (Å²) >= 11 is 0. The molecule has 25 heavy (non-hydrogen) atoms. The molecule has 2 saturated heterocycles. The number of likely N-dealkylation sites (tertiary alicyclic amines) is 2. The molecule has 134 valence electrons. The molecule has 3 rings (SSSR count). The summed E-state index contributed by atoms with van der Waals surface area (Å²) in [6, 6.07) is 9.76. The molecule has 1 atom stereocenters. The lowest BCUT2D eigenvalue weighted by molar-refractivity contribution is -0.153. The second kappa shape index (κ2) is 7.83. The van der Waals surface area contributed by atoms with E-state index < -0.39 is 5.54 Å². The van der Waals surface area contributed by atoms with Crippen LogP contribution in [0.25, 0.3) is 6.08 Å². The molecule has 2 amide bonds. The molecule has 2 aliphatic rings. The number of rotatable bonds is 5. The van der Waals surface area contributed by atoms with Gasteiger partial charge in [-0.15, -0.1) is 0 Å². The van der Waals surface area contributed by atoms with Crippen molar-refractivity contribution in [2.45, 2.75) is 31.2 Å². The summed E-state index contributed by atoms with van der Waals surface area (Å²) in [6.07, 6.45) is 6.77. The third-order valence-electron chi connectivity index (χ3n) is 5.24. The molecule has 5 heteroatoms. The first-order valence-electron chi connectivity index (χ1n) is 9.00. The minimum absolute atomic E-state index is 0.0664. The predicted octanol–water partition coefficient (Wildman–Crippen LogP) is 2.33. The maximum atomic E-state index is 13.1. The Kier molecular flexibility index (Phi) is 5.53. The highest BCUT2D eigenvalue weighted by Crippen LogP contribution is 2.38. The number of piperidine rings is 1. The van der Waals surface area contributed by atoms with Crippen molar-refractivity contribution in [1.29, 1.82) is 0 Å². The van der Waals surface area contributed by atoms with Gasteiger partial charge in [0.1, 0.15) is 5.54 Å².